The number of carbonyl (C=O) groups excluding carboxylic acids is 5. The summed E-state index contributed by atoms with van der Waals surface area (Å²) in [6.07, 6.45) is 1.59. The molecule has 0 saturated carbocycles. The SMILES string of the molecule is CCCC[C@H](C(=O)OCC(=O)Nc1ccc(NC(C)=O)cc1)N1C(=O)c2ccccc2C1=O. The topological polar surface area (TPSA) is 122 Å². The van der Waals surface area contributed by atoms with Crippen LogP contribution in [0, 0.1) is 0 Å². The van der Waals surface area contributed by atoms with Gasteiger partial charge < -0.3 is 15.4 Å². The normalized spacial score (nSPS) is 13.3. The van der Waals surface area contributed by atoms with Crippen LogP contribution in [0.1, 0.15) is 53.8 Å². The van der Waals surface area contributed by atoms with Gasteiger partial charge in [0.1, 0.15) is 6.04 Å². The Morgan fingerprint density at radius 3 is 1.97 bits per heavy atom. The van der Waals surface area contributed by atoms with Crippen LogP contribution in [-0.2, 0) is 19.1 Å². The zero-order valence-corrected chi connectivity index (χ0v) is 18.4. The van der Waals surface area contributed by atoms with Crippen LogP contribution in [0.4, 0.5) is 11.4 Å². The van der Waals surface area contributed by atoms with Crippen molar-refractivity contribution in [2.45, 2.75) is 39.2 Å². The first-order valence-electron chi connectivity index (χ1n) is 10.6. The molecule has 0 spiro atoms. The van der Waals surface area contributed by atoms with Gasteiger partial charge in [-0.3, -0.25) is 24.1 Å². The first kappa shape index (κ1) is 23.6. The molecule has 2 N–H and O–H groups in total. The fourth-order valence-electron chi connectivity index (χ4n) is 3.51. The second-order valence-electron chi connectivity index (χ2n) is 7.60. The van der Waals surface area contributed by atoms with E-state index in [1.54, 1.807) is 48.5 Å². The number of carbonyl (C=O) groups is 5. The van der Waals surface area contributed by atoms with E-state index in [1.807, 2.05) is 6.92 Å². The molecule has 0 fully saturated rings. The van der Waals surface area contributed by atoms with Gasteiger partial charge in [0.15, 0.2) is 6.61 Å². The third kappa shape index (κ3) is 5.62. The molecule has 9 heteroatoms. The quantitative estimate of drug-likeness (QED) is 0.447. The van der Waals surface area contributed by atoms with Crippen molar-refractivity contribution in [2.24, 2.45) is 0 Å². The van der Waals surface area contributed by atoms with E-state index < -0.39 is 36.3 Å². The van der Waals surface area contributed by atoms with Crippen molar-refractivity contribution in [1.82, 2.24) is 4.90 Å². The lowest BCUT2D eigenvalue weighted by atomic mass is 10.1. The zero-order valence-electron chi connectivity index (χ0n) is 18.4. The summed E-state index contributed by atoms with van der Waals surface area (Å²) in [5.74, 6) is -2.69. The van der Waals surface area contributed by atoms with E-state index in [1.165, 1.54) is 6.92 Å². The van der Waals surface area contributed by atoms with Crippen LogP contribution >= 0.6 is 0 Å². The molecular weight excluding hydrogens is 426 g/mol. The summed E-state index contributed by atoms with van der Waals surface area (Å²) < 4.78 is 5.17. The number of unbranched alkanes of at least 4 members (excludes halogenated alkanes) is 1. The molecule has 1 atom stereocenters. The smallest absolute Gasteiger partial charge is 0.329 e. The zero-order chi connectivity index (χ0) is 24.0. The highest BCUT2D eigenvalue weighted by molar-refractivity contribution is 6.22. The van der Waals surface area contributed by atoms with E-state index in [0.717, 1.165) is 11.3 Å². The molecule has 0 aliphatic carbocycles. The van der Waals surface area contributed by atoms with Gasteiger partial charge in [-0.15, -0.1) is 0 Å². The molecule has 2 aromatic carbocycles. The lowest BCUT2D eigenvalue weighted by Crippen LogP contribution is -2.46. The number of hydrogen-bond acceptors (Lipinski definition) is 6. The van der Waals surface area contributed by atoms with E-state index in [0.29, 0.717) is 17.8 Å². The summed E-state index contributed by atoms with van der Waals surface area (Å²) in [7, 11) is 0. The summed E-state index contributed by atoms with van der Waals surface area (Å²) in [6.45, 7) is 2.74. The Balaban J connectivity index is 1.62. The number of rotatable bonds is 9. The maximum absolute atomic E-state index is 12.8. The number of hydrogen-bond donors (Lipinski definition) is 2. The monoisotopic (exact) mass is 451 g/mol. The number of nitrogens with one attached hydrogen (secondary N) is 2. The van der Waals surface area contributed by atoms with Crippen molar-refractivity contribution in [1.29, 1.82) is 0 Å². The second-order valence-corrected chi connectivity index (χ2v) is 7.60. The van der Waals surface area contributed by atoms with Crippen LogP contribution in [0.5, 0.6) is 0 Å². The Hall–Kier alpha value is -4.01. The number of fused-ring (bicyclic) bond motifs is 1. The minimum absolute atomic E-state index is 0.214. The Labute approximate surface area is 191 Å². The van der Waals surface area contributed by atoms with Crippen LogP contribution < -0.4 is 10.6 Å². The summed E-state index contributed by atoms with van der Waals surface area (Å²) in [4.78, 5) is 62.6. The van der Waals surface area contributed by atoms with E-state index >= 15 is 0 Å². The molecule has 1 aliphatic rings. The molecule has 0 saturated heterocycles. The number of anilines is 2. The molecule has 33 heavy (non-hydrogen) atoms. The second kappa shape index (κ2) is 10.5. The third-order valence-corrected chi connectivity index (χ3v) is 5.07. The van der Waals surface area contributed by atoms with Gasteiger partial charge in [-0.25, -0.2) is 4.79 Å². The molecule has 0 bridgehead atoms. The van der Waals surface area contributed by atoms with Crippen molar-refractivity contribution in [3.63, 3.8) is 0 Å². The highest BCUT2D eigenvalue weighted by atomic mass is 16.5. The Morgan fingerprint density at radius 1 is 0.909 bits per heavy atom. The Bertz CT molecular complexity index is 1040. The highest BCUT2D eigenvalue weighted by Gasteiger charge is 2.43. The fourth-order valence-corrected chi connectivity index (χ4v) is 3.51. The van der Waals surface area contributed by atoms with Gasteiger partial charge in [0, 0.05) is 18.3 Å². The number of nitrogens with zero attached hydrogens (tertiary/aromatic N) is 1. The molecule has 1 heterocycles. The average Bonchev–Trinajstić information content (AvgIpc) is 3.04. The van der Waals surface area contributed by atoms with E-state index in [9.17, 15) is 24.0 Å². The van der Waals surface area contributed by atoms with Gasteiger partial charge in [0.05, 0.1) is 11.1 Å². The lowest BCUT2D eigenvalue weighted by Gasteiger charge is -2.24. The van der Waals surface area contributed by atoms with Crippen molar-refractivity contribution >= 4 is 41.0 Å². The summed E-state index contributed by atoms with van der Waals surface area (Å²) in [5.41, 5.74) is 1.52. The summed E-state index contributed by atoms with van der Waals surface area (Å²) in [5, 5.41) is 5.20. The van der Waals surface area contributed by atoms with Crippen molar-refractivity contribution in [3.8, 4) is 0 Å². The lowest BCUT2D eigenvalue weighted by molar-refractivity contribution is -0.151. The highest BCUT2D eigenvalue weighted by Crippen LogP contribution is 2.27. The maximum atomic E-state index is 12.8. The number of amides is 4. The van der Waals surface area contributed by atoms with Gasteiger partial charge in [-0.05, 0) is 42.8 Å². The minimum Gasteiger partial charge on any atom is -0.454 e. The maximum Gasteiger partial charge on any atom is 0.329 e. The molecule has 172 valence electrons. The van der Waals surface area contributed by atoms with E-state index in [4.69, 9.17) is 4.74 Å². The van der Waals surface area contributed by atoms with Crippen molar-refractivity contribution < 1.29 is 28.7 Å². The van der Waals surface area contributed by atoms with Crippen LogP contribution in [0.3, 0.4) is 0 Å². The number of benzene rings is 2. The van der Waals surface area contributed by atoms with Gasteiger partial charge in [-0.2, -0.15) is 0 Å². The standard InChI is InChI=1S/C24H25N3O6/c1-3-4-9-20(27-22(30)18-7-5-6-8-19(18)23(27)31)24(32)33-14-21(29)26-17-12-10-16(11-13-17)25-15(2)28/h5-8,10-13,20H,3-4,9,14H2,1-2H3,(H,25,28)(H,26,29)/t20-/m1/s1. The Kier molecular flexibility index (Phi) is 7.55. The molecule has 4 amide bonds. The molecule has 9 nitrogen and oxygen atoms in total. The van der Waals surface area contributed by atoms with Crippen molar-refractivity contribution in [3.05, 3.63) is 59.7 Å². The number of ether oxygens (including phenoxy) is 1. The summed E-state index contributed by atoms with van der Waals surface area (Å²) in [6, 6.07) is 11.7. The van der Waals surface area contributed by atoms with Gasteiger partial charge in [0.2, 0.25) is 5.91 Å². The predicted molar refractivity (Wildman–Crippen MR) is 121 cm³/mol. The van der Waals surface area contributed by atoms with Crippen molar-refractivity contribution in [2.75, 3.05) is 17.2 Å². The molecule has 3 rings (SSSR count). The van der Waals surface area contributed by atoms with E-state index in [2.05, 4.69) is 10.6 Å². The van der Waals surface area contributed by atoms with Crippen LogP contribution in [0.25, 0.3) is 0 Å². The summed E-state index contributed by atoms with van der Waals surface area (Å²) >= 11 is 0. The number of imide groups is 1. The molecule has 2 aromatic rings. The first-order chi connectivity index (χ1) is 15.8. The van der Waals surface area contributed by atoms with E-state index in [-0.39, 0.29) is 23.5 Å². The predicted octanol–water partition coefficient (Wildman–Crippen LogP) is 2.98. The van der Waals surface area contributed by atoms with Crippen LogP contribution in [0.2, 0.25) is 0 Å². The molecular formula is C24H25N3O6. The van der Waals surface area contributed by atoms with Crippen LogP contribution in [0.15, 0.2) is 48.5 Å². The fraction of sp³-hybridized carbons (Fsp3) is 0.292. The average molecular weight is 451 g/mol. The van der Waals surface area contributed by atoms with Crippen LogP contribution in [-0.4, -0.2) is 47.1 Å². The first-order valence-corrected chi connectivity index (χ1v) is 10.6. The van der Waals surface area contributed by atoms with Gasteiger partial charge in [0.25, 0.3) is 17.7 Å². The molecule has 0 unspecified atom stereocenters. The number of esters is 1. The minimum atomic E-state index is -1.11. The molecule has 1 aliphatic heterocycles. The molecule has 0 aromatic heterocycles. The van der Waals surface area contributed by atoms with Gasteiger partial charge >= 0.3 is 5.97 Å². The third-order valence-electron chi connectivity index (χ3n) is 5.07. The largest absolute Gasteiger partial charge is 0.454 e. The van der Waals surface area contributed by atoms with Gasteiger partial charge in [-0.1, -0.05) is 31.9 Å². The Morgan fingerprint density at radius 2 is 1.45 bits per heavy atom. The molecule has 0 radical (unpaired) electrons.